The van der Waals surface area contributed by atoms with E-state index in [2.05, 4.69) is 12.0 Å². The van der Waals surface area contributed by atoms with Crippen molar-refractivity contribution in [3.63, 3.8) is 0 Å². The Hall–Kier alpha value is -2.89. The van der Waals surface area contributed by atoms with Gasteiger partial charge in [-0.2, -0.15) is 5.10 Å². The zero-order valence-electron chi connectivity index (χ0n) is 17.0. The summed E-state index contributed by atoms with van der Waals surface area (Å²) < 4.78 is 12.5. The summed E-state index contributed by atoms with van der Waals surface area (Å²) in [5.41, 5.74) is 5.97. The van der Waals surface area contributed by atoms with E-state index in [9.17, 15) is 4.79 Å². The van der Waals surface area contributed by atoms with Crippen LogP contribution in [0.4, 0.5) is 0 Å². The minimum atomic E-state index is -0.711. The molecule has 0 radical (unpaired) electrons. The minimum Gasteiger partial charge on any atom is -0.497 e. The van der Waals surface area contributed by atoms with Crippen LogP contribution >= 0.6 is 0 Å². The van der Waals surface area contributed by atoms with Crippen molar-refractivity contribution in [1.82, 2.24) is 14.6 Å². The van der Waals surface area contributed by atoms with Crippen molar-refractivity contribution < 1.29 is 14.3 Å². The van der Waals surface area contributed by atoms with Crippen LogP contribution in [0.2, 0.25) is 0 Å². The van der Waals surface area contributed by atoms with Gasteiger partial charge in [0.05, 0.1) is 25.1 Å². The molecule has 28 heavy (non-hydrogen) atoms. The number of carbonyl (C=O) groups is 1. The van der Waals surface area contributed by atoms with E-state index in [4.69, 9.17) is 14.5 Å². The van der Waals surface area contributed by atoms with Gasteiger partial charge in [-0.15, -0.1) is 0 Å². The van der Waals surface area contributed by atoms with E-state index in [0.29, 0.717) is 13.0 Å². The molecular formula is C22H25N3O3. The number of esters is 1. The molecule has 6 heteroatoms. The minimum absolute atomic E-state index is 0.205. The summed E-state index contributed by atoms with van der Waals surface area (Å²) >= 11 is 0. The number of nitrogens with zero attached hydrogens (tertiary/aromatic N) is 3. The van der Waals surface area contributed by atoms with Crippen LogP contribution in [0.5, 0.6) is 5.75 Å². The number of rotatable bonds is 4. The number of methoxy groups -OCH3 is 1. The molecule has 6 nitrogen and oxygen atoms in total. The molecule has 2 aromatic heterocycles. The van der Waals surface area contributed by atoms with E-state index in [1.165, 1.54) is 0 Å². The Morgan fingerprint density at radius 3 is 2.79 bits per heavy atom. The Labute approximate surface area is 164 Å². The fraction of sp³-hybridized carbons (Fsp3) is 0.409. The van der Waals surface area contributed by atoms with E-state index in [1.54, 1.807) is 7.11 Å². The van der Waals surface area contributed by atoms with Crippen LogP contribution in [0.15, 0.2) is 24.4 Å². The van der Waals surface area contributed by atoms with Crippen LogP contribution in [0.3, 0.4) is 0 Å². The summed E-state index contributed by atoms with van der Waals surface area (Å²) in [7, 11) is 1.66. The molecule has 1 atom stereocenters. The maximum atomic E-state index is 12.7. The van der Waals surface area contributed by atoms with Gasteiger partial charge in [0.1, 0.15) is 11.2 Å². The van der Waals surface area contributed by atoms with Crippen molar-refractivity contribution >= 4 is 11.6 Å². The van der Waals surface area contributed by atoms with E-state index in [0.717, 1.165) is 51.5 Å². The number of carbonyl (C=O) groups excluding carboxylic acids is 1. The average molecular weight is 379 g/mol. The SMILES string of the molecule is CCOC(=O)C1(C)CCc2cn3nc(C)c(-c4ccc(OC)cc4C)c3nc21. The fourth-order valence-corrected chi connectivity index (χ4v) is 4.13. The summed E-state index contributed by atoms with van der Waals surface area (Å²) in [6, 6.07) is 5.99. The first-order valence-electron chi connectivity index (χ1n) is 9.60. The summed E-state index contributed by atoms with van der Waals surface area (Å²) in [6.45, 7) is 8.18. The van der Waals surface area contributed by atoms with Crippen molar-refractivity contribution in [2.75, 3.05) is 13.7 Å². The number of fused-ring (bicyclic) bond motifs is 2. The maximum Gasteiger partial charge on any atom is 0.317 e. The van der Waals surface area contributed by atoms with Crippen LogP contribution in [-0.2, 0) is 21.4 Å². The number of aryl methyl sites for hydroxylation is 3. The van der Waals surface area contributed by atoms with Crippen LogP contribution in [-0.4, -0.2) is 34.3 Å². The Kier molecular flexibility index (Phi) is 4.37. The van der Waals surface area contributed by atoms with Gasteiger partial charge in [0, 0.05) is 11.8 Å². The zero-order chi connectivity index (χ0) is 20.1. The smallest absolute Gasteiger partial charge is 0.317 e. The molecule has 1 aliphatic rings. The van der Waals surface area contributed by atoms with Gasteiger partial charge >= 0.3 is 5.97 Å². The summed E-state index contributed by atoms with van der Waals surface area (Å²) in [4.78, 5) is 17.6. The standard InChI is InChI=1S/C22H25N3O3/c1-6-28-21(26)22(4)10-9-15-12-25-20(23-19(15)22)18(14(3)24-25)17-8-7-16(27-5)11-13(17)2/h7-8,11-12H,6,9-10H2,1-5H3. The summed E-state index contributed by atoms with van der Waals surface area (Å²) in [5.74, 6) is 0.614. The topological polar surface area (TPSA) is 65.7 Å². The molecule has 0 saturated carbocycles. The van der Waals surface area contributed by atoms with E-state index >= 15 is 0 Å². The van der Waals surface area contributed by atoms with E-state index < -0.39 is 5.41 Å². The van der Waals surface area contributed by atoms with Crippen molar-refractivity contribution in [2.24, 2.45) is 0 Å². The van der Waals surface area contributed by atoms with Crippen molar-refractivity contribution in [3.05, 3.63) is 46.9 Å². The first-order chi connectivity index (χ1) is 13.4. The molecule has 146 valence electrons. The lowest BCUT2D eigenvalue weighted by atomic mass is 9.88. The summed E-state index contributed by atoms with van der Waals surface area (Å²) in [6.07, 6.45) is 3.51. The molecule has 1 unspecified atom stereocenters. The van der Waals surface area contributed by atoms with Crippen molar-refractivity contribution in [1.29, 1.82) is 0 Å². The molecule has 0 saturated heterocycles. The molecule has 1 aliphatic carbocycles. The van der Waals surface area contributed by atoms with Crippen LogP contribution in [0, 0.1) is 13.8 Å². The Morgan fingerprint density at radius 2 is 2.11 bits per heavy atom. The molecule has 2 heterocycles. The average Bonchev–Trinajstić information content (AvgIpc) is 3.17. The molecule has 0 spiro atoms. The van der Waals surface area contributed by atoms with Gasteiger partial charge < -0.3 is 9.47 Å². The third kappa shape index (κ3) is 2.66. The van der Waals surface area contributed by atoms with E-state index in [-0.39, 0.29) is 5.97 Å². The first kappa shape index (κ1) is 18.5. The van der Waals surface area contributed by atoms with Gasteiger partial charge in [-0.25, -0.2) is 9.50 Å². The predicted molar refractivity (Wildman–Crippen MR) is 107 cm³/mol. The fourth-order valence-electron chi connectivity index (χ4n) is 4.13. The van der Waals surface area contributed by atoms with Crippen LogP contribution < -0.4 is 4.74 Å². The molecule has 3 aromatic rings. The molecule has 0 aliphatic heterocycles. The molecule has 0 amide bonds. The van der Waals surface area contributed by atoms with Gasteiger partial charge in [-0.1, -0.05) is 6.07 Å². The maximum absolute atomic E-state index is 12.7. The second-order valence-corrected chi connectivity index (χ2v) is 7.58. The number of aromatic nitrogens is 3. The zero-order valence-corrected chi connectivity index (χ0v) is 17.0. The highest BCUT2D eigenvalue weighted by molar-refractivity contribution is 5.86. The van der Waals surface area contributed by atoms with Crippen LogP contribution in [0.25, 0.3) is 16.8 Å². The second kappa shape index (κ2) is 6.62. The normalized spacial score (nSPS) is 18.3. The highest BCUT2D eigenvalue weighted by atomic mass is 16.5. The van der Waals surface area contributed by atoms with Gasteiger partial charge in [-0.05, 0) is 69.4 Å². The quantitative estimate of drug-likeness (QED) is 0.645. The number of hydrogen-bond donors (Lipinski definition) is 0. The first-order valence-corrected chi connectivity index (χ1v) is 9.60. The lowest BCUT2D eigenvalue weighted by Crippen LogP contribution is -2.33. The van der Waals surface area contributed by atoms with E-state index in [1.807, 2.05) is 49.7 Å². The van der Waals surface area contributed by atoms with Gasteiger partial charge in [-0.3, -0.25) is 4.79 Å². The molecule has 4 rings (SSSR count). The number of benzene rings is 1. The second-order valence-electron chi connectivity index (χ2n) is 7.58. The molecule has 0 fully saturated rings. The highest BCUT2D eigenvalue weighted by Gasteiger charge is 2.44. The largest absolute Gasteiger partial charge is 0.497 e. The van der Waals surface area contributed by atoms with Gasteiger partial charge in [0.25, 0.3) is 0 Å². The van der Waals surface area contributed by atoms with Gasteiger partial charge in [0.15, 0.2) is 5.65 Å². The molecule has 0 bridgehead atoms. The predicted octanol–water partition coefficient (Wildman–Crippen LogP) is 3.79. The Bertz CT molecular complexity index is 1090. The molecule has 1 aromatic carbocycles. The third-order valence-corrected chi connectivity index (χ3v) is 5.71. The lowest BCUT2D eigenvalue weighted by molar-refractivity contribution is -0.149. The number of ether oxygens (including phenoxy) is 2. The Morgan fingerprint density at radius 1 is 1.32 bits per heavy atom. The molecular weight excluding hydrogens is 354 g/mol. The van der Waals surface area contributed by atoms with Gasteiger partial charge in [0.2, 0.25) is 0 Å². The lowest BCUT2D eigenvalue weighted by Gasteiger charge is -2.21. The third-order valence-electron chi connectivity index (χ3n) is 5.71. The highest BCUT2D eigenvalue weighted by Crippen LogP contribution is 2.40. The number of hydrogen-bond acceptors (Lipinski definition) is 5. The van der Waals surface area contributed by atoms with Crippen LogP contribution in [0.1, 0.15) is 42.8 Å². The Balaban J connectivity index is 1.91. The summed E-state index contributed by atoms with van der Waals surface area (Å²) in [5, 5.41) is 4.69. The van der Waals surface area contributed by atoms with Crippen molar-refractivity contribution in [3.8, 4) is 16.9 Å². The molecule has 0 N–H and O–H groups in total. The van der Waals surface area contributed by atoms with Crippen molar-refractivity contribution in [2.45, 2.75) is 46.0 Å². The monoisotopic (exact) mass is 379 g/mol.